The molecule has 12 heteroatoms. The molecule has 0 saturated carbocycles. The number of fused-ring (bicyclic) bond motifs is 1. The number of nitrogens with one attached hydrogen (secondary N) is 1. The minimum absolute atomic E-state index is 0.102. The lowest BCUT2D eigenvalue weighted by Crippen LogP contribution is -2.47. The van der Waals surface area contributed by atoms with Crippen LogP contribution in [0, 0.1) is 0 Å². The summed E-state index contributed by atoms with van der Waals surface area (Å²) in [5, 5.41) is 3.35. The Morgan fingerprint density at radius 1 is 1.21 bits per heavy atom. The smallest absolute Gasteiger partial charge is 0.392 e. The lowest BCUT2D eigenvalue weighted by atomic mass is 10.1. The molecule has 1 aromatic heterocycles. The molecular weight excluding hydrogens is 472 g/mol. The van der Waals surface area contributed by atoms with Crippen molar-refractivity contribution in [1.29, 1.82) is 0 Å². The lowest BCUT2D eigenvalue weighted by Gasteiger charge is -2.22. The van der Waals surface area contributed by atoms with Gasteiger partial charge in [0.25, 0.3) is 5.56 Å². The number of ketones is 1. The molecule has 2 aromatic rings. The largest absolute Gasteiger partial charge is 0.465 e. The SMILES string of the molecule is CCC(C(=O)NC(CC(=O)OCCC(F)(F)F)C(=O)CF)n1ccc2ccc(Cl)cc2c1=O. The molecule has 1 N–H and O–H groups in total. The first kappa shape index (κ1) is 26.3. The summed E-state index contributed by atoms with van der Waals surface area (Å²) in [4.78, 5) is 49.4. The summed E-state index contributed by atoms with van der Waals surface area (Å²) in [6.45, 7) is -0.901. The van der Waals surface area contributed by atoms with E-state index in [1.807, 2.05) is 0 Å². The number of hydrogen-bond donors (Lipinski definition) is 1. The van der Waals surface area contributed by atoms with Crippen molar-refractivity contribution in [1.82, 2.24) is 9.88 Å². The van der Waals surface area contributed by atoms with E-state index < -0.39 is 67.6 Å². The second kappa shape index (κ2) is 11.3. The van der Waals surface area contributed by atoms with Gasteiger partial charge in [0.2, 0.25) is 5.91 Å². The molecular formula is C21H21ClF4N2O5. The molecule has 0 radical (unpaired) electrons. The van der Waals surface area contributed by atoms with Crippen molar-refractivity contribution in [3.05, 3.63) is 45.8 Å². The first-order valence-corrected chi connectivity index (χ1v) is 10.3. The number of ether oxygens (including phenoxy) is 1. The fourth-order valence-corrected chi connectivity index (χ4v) is 3.26. The second-order valence-corrected chi connectivity index (χ2v) is 7.57. The predicted octanol–water partition coefficient (Wildman–Crippen LogP) is 3.52. The zero-order chi connectivity index (χ0) is 24.8. The fourth-order valence-electron chi connectivity index (χ4n) is 3.09. The van der Waals surface area contributed by atoms with Crippen LogP contribution in [0.1, 0.15) is 32.2 Å². The number of benzene rings is 1. The minimum atomic E-state index is -4.55. The highest BCUT2D eigenvalue weighted by molar-refractivity contribution is 6.31. The van der Waals surface area contributed by atoms with Crippen molar-refractivity contribution in [2.75, 3.05) is 13.3 Å². The van der Waals surface area contributed by atoms with Crippen LogP contribution in [0.25, 0.3) is 10.8 Å². The van der Waals surface area contributed by atoms with E-state index in [0.717, 1.165) is 4.57 Å². The molecule has 0 spiro atoms. The van der Waals surface area contributed by atoms with Gasteiger partial charge in [-0.15, -0.1) is 0 Å². The fraction of sp³-hybridized carbons (Fsp3) is 0.429. The number of Topliss-reactive ketones (excluding diaryl/α,β-unsaturated/α-hetero) is 1. The quantitative estimate of drug-likeness (QED) is 0.404. The summed E-state index contributed by atoms with van der Waals surface area (Å²) in [5.41, 5.74) is -0.531. The molecule has 2 rings (SSSR count). The molecule has 1 aromatic carbocycles. The Hall–Kier alpha value is -2.95. The Morgan fingerprint density at radius 2 is 1.91 bits per heavy atom. The highest BCUT2D eigenvalue weighted by Gasteiger charge is 2.30. The number of nitrogens with zero attached hydrogens (tertiary/aromatic N) is 1. The number of alkyl halides is 4. The third kappa shape index (κ3) is 7.28. The van der Waals surface area contributed by atoms with Gasteiger partial charge in [-0.3, -0.25) is 19.2 Å². The number of rotatable bonds is 10. The normalized spacial score (nSPS) is 13.4. The zero-order valence-electron chi connectivity index (χ0n) is 17.5. The highest BCUT2D eigenvalue weighted by atomic mass is 35.5. The van der Waals surface area contributed by atoms with Crippen LogP contribution in [0.15, 0.2) is 35.3 Å². The summed E-state index contributed by atoms with van der Waals surface area (Å²) in [6.07, 6.45) is -5.31. The summed E-state index contributed by atoms with van der Waals surface area (Å²) in [7, 11) is 0. The van der Waals surface area contributed by atoms with Gasteiger partial charge in [-0.05, 0) is 30.0 Å². The van der Waals surface area contributed by atoms with Crippen LogP contribution in [0.2, 0.25) is 5.02 Å². The van der Waals surface area contributed by atoms with Crippen LogP contribution in [-0.4, -0.2) is 47.7 Å². The third-order valence-corrected chi connectivity index (χ3v) is 5.01. The molecule has 1 amide bonds. The van der Waals surface area contributed by atoms with Crippen LogP contribution in [0.3, 0.4) is 0 Å². The number of aromatic nitrogens is 1. The van der Waals surface area contributed by atoms with Crippen LogP contribution in [-0.2, 0) is 19.1 Å². The Balaban J connectivity index is 2.19. The van der Waals surface area contributed by atoms with E-state index in [1.54, 1.807) is 25.1 Å². The maximum atomic E-state index is 13.0. The predicted molar refractivity (Wildman–Crippen MR) is 112 cm³/mol. The van der Waals surface area contributed by atoms with Gasteiger partial charge >= 0.3 is 12.1 Å². The number of halogens is 5. The number of hydrogen-bond acceptors (Lipinski definition) is 5. The van der Waals surface area contributed by atoms with Gasteiger partial charge < -0.3 is 14.6 Å². The second-order valence-electron chi connectivity index (χ2n) is 7.13. The zero-order valence-corrected chi connectivity index (χ0v) is 18.2. The summed E-state index contributed by atoms with van der Waals surface area (Å²) >= 11 is 5.94. The van der Waals surface area contributed by atoms with Crippen LogP contribution in [0.4, 0.5) is 17.6 Å². The summed E-state index contributed by atoms with van der Waals surface area (Å²) in [5.74, 6) is -3.23. The molecule has 0 fully saturated rings. The monoisotopic (exact) mass is 492 g/mol. The summed E-state index contributed by atoms with van der Waals surface area (Å²) < 4.78 is 55.0. The first-order valence-electron chi connectivity index (χ1n) is 9.88. The van der Waals surface area contributed by atoms with Gasteiger partial charge in [-0.1, -0.05) is 24.6 Å². The molecule has 7 nitrogen and oxygen atoms in total. The van der Waals surface area contributed by atoms with E-state index in [0.29, 0.717) is 10.4 Å². The molecule has 2 unspecified atom stereocenters. The van der Waals surface area contributed by atoms with Gasteiger partial charge in [-0.2, -0.15) is 13.2 Å². The van der Waals surface area contributed by atoms with Crippen LogP contribution in [0.5, 0.6) is 0 Å². The topological polar surface area (TPSA) is 94.5 Å². The Bertz CT molecular complexity index is 1090. The number of amides is 1. The lowest BCUT2D eigenvalue weighted by molar-refractivity contribution is -0.160. The van der Waals surface area contributed by atoms with E-state index in [2.05, 4.69) is 10.1 Å². The summed E-state index contributed by atoms with van der Waals surface area (Å²) in [6, 6.07) is 3.47. The van der Waals surface area contributed by atoms with Crippen LogP contribution < -0.4 is 10.9 Å². The average Bonchev–Trinajstić information content (AvgIpc) is 2.74. The van der Waals surface area contributed by atoms with Gasteiger partial charge in [0.1, 0.15) is 18.8 Å². The number of esters is 1. The molecule has 0 aliphatic heterocycles. The highest BCUT2D eigenvalue weighted by Crippen LogP contribution is 2.20. The molecule has 0 bridgehead atoms. The third-order valence-electron chi connectivity index (χ3n) is 4.78. The van der Waals surface area contributed by atoms with Gasteiger partial charge in [0, 0.05) is 16.6 Å². The molecule has 2 atom stereocenters. The maximum absolute atomic E-state index is 13.0. The Kier molecular flexibility index (Phi) is 8.98. The molecule has 33 heavy (non-hydrogen) atoms. The average molecular weight is 493 g/mol. The number of carbonyl (C=O) groups excluding carboxylic acids is 3. The maximum Gasteiger partial charge on any atom is 0.392 e. The van der Waals surface area contributed by atoms with Gasteiger partial charge in [-0.25, -0.2) is 4.39 Å². The van der Waals surface area contributed by atoms with Crippen molar-refractivity contribution in [3.8, 4) is 0 Å². The van der Waals surface area contributed by atoms with Gasteiger partial charge in [0.15, 0.2) is 5.78 Å². The molecule has 0 aliphatic rings. The molecule has 0 saturated heterocycles. The van der Waals surface area contributed by atoms with E-state index in [1.165, 1.54) is 12.3 Å². The van der Waals surface area contributed by atoms with Gasteiger partial charge in [0.05, 0.1) is 19.4 Å². The molecule has 0 aliphatic carbocycles. The van der Waals surface area contributed by atoms with E-state index >= 15 is 0 Å². The van der Waals surface area contributed by atoms with Crippen molar-refractivity contribution in [2.24, 2.45) is 0 Å². The van der Waals surface area contributed by atoms with Crippen molar-refractivity contribution in [3.63, 3.8) is 0 Å². The van der Waals surface area contributed by atoms with Crippen LogP contribution >= 0.6 is 11.6 Å². The molecule has 1 heterocycles. The minimum Gasteiger partial charge on any atom is -0.465 e. The van der Waals surface area contributed by atoms with E-state index in [4.69, 9.17) is 11.6 Å². The molecule has 180 valence electrons. The first-order chi connectivity index (χ1) is 15.5. The number of pyridine rings is 1. The standard InChI is InChI=1S/C21H21ClF4N2O5/c1-2-16(28-7-5-12-3-4-13(22)9-14(12)20(28)32)19(31)27-15(17(29)11-23)10-18(30)33-8-6-21(24,25)26/h3-5,7,9,15-16H,2,6,8,10-11H2,1H3,(H,27,31). The Labute approximate surface area is 190 Å². The van der Waals surface area contributed by atoms with E-state index in [9.17, 15) is 36.7 Å². The van der Waals surface area contributed by atoms with Crippen molar-refractivity contribution >= 4 is 40.0 Å². The number of carbonyl (C=O) groups is 3. The Morgan fingerprint density at radius 3 is 2.52 bits per heavy atom. The van der Waals surface area contributed by atoms with Crippen molar-refractivity contribution < 1.29 is 36.7 Å². The van der Waals surface area contributed by atoms with Crippen molar-refractivity contribution in [2.45, 2.75) is 44.4 Å². The van der Waals surface area contributed by atoms with E-state index in [-0.39, 0.29) is 11.8 Å².